The fourth-order valence-corrected chi connectivity index (χ4v) is 2.75. The first-order valence-corrected chi connectivity index (χ1v) is 9.15. The van der Waals surface area contributed by atoms with Crippen LogP contribution in [-0.2, 0) is 14.3 Å². The van der Waals surface area contributed by atoms with Gasteiger partial charge in [0.25, 0.3) is 0 Å². The molecule has 1 rings (SSSR count). The van der Waals surface area contributed by atoms with Crippen LogP contribution in [0.5, 0.6) is 0 Å². The van der Waals surface area contributed by atoms with Gasteiger partial charge in [-0.1, -0.05) is 57.6 Å². The van der Waals surface area contributed by atoms with E-state index in [0.29, 0.717) is 18.6 Å². The molecule has 1 saturated heterocycles. The number of ether oxygens (including phenoxy) is 2. The van der Waals surface area contributed by atoms with Crippen molar-refractivity contribution < 1.29 is 14.3 Å². The van der Waals surface area contributed by atoms with E-state index in [1.54, 1.807) is 0 Å². The molecule has 22 heavy (non-hydrogen) atoms. The van der Waals surface area contributed by atoms with Crippen molar-refractivity contribution in [3.8, 4) is 0 Å². The monoisotopic (exact) mass is 310 g/mol. The van der Waals surface area contributed by atoms with E-state index in [1.165, 1.54) is 58.5 Å². The molecule has 0 amide bonds. The van der Waals surface area contributed by atoms with E-state index in [2.05, 4.69) is 23.8 Å². The summed E-state index contributed by atoms with van der Waals surface area (Å²) in [5, 5.41) is 0. The Morgan fingerprint density at radius 1 is 1.00 bits per heavy atom. The van der Waals surface area contributed by atoms with E-state index in [1.807, 2.05) is 0 Å². The zero-order chi connectivity index (χ0) is 16.0. The van der Waals surface area contributed by atoms with Gasteiger partial charge in [-0.25, -0.2) is 0 Å². The smallest absolute Gasteiger partial charge is 0.305 e. The van der Waals surface area contributed by atoms with Crippen LogP contribution in [0.15, 0.2) is 12.2 Å². The first kappa shape index (κ1) is 19.2. The minimum Gasteiger partial charge on any atom is -0.469 e. The van der Waals surface area contributed by atoms with Gasteiger partial charge in [0.05, 0.1) is 19.3 Å². The van der Waals surface area contributed by atoms with E-state index < -0.39 is 0 Å². The summed E-state index contributed by atoms with van der Waals surface area (Å²) in [6, 6.07) is 0. The fraction of sp³-hybridized carbons (Fsp3) is 0.842. The molecular weight excluding hydrogens is 276 g/mol. The topological polar surface area (TPSA) is 38.8 Å². The maximum Gasteiger partial charge on any atom is 0.305 e. The molecule has 1 aliphatic heterocycles. The highest BCUT2D eigenvalue weighted by atomic mass is 16.6. The van der Waals surface area contributed by atoms with Crippen molar-refractivity contribution in [1.82, 2.24) is 0 Å². The third-order valence-electron chi connectivity index (χ3n) is 4.29. The molecule has 1 heterocycles. The van der Waals surface area contributed by atoms with E-state index in [9.17, 15) is 4.79 Å². The third-order valence-corrected chi connectivity index (χ3v) is 4.29. The lowest BCUT2D eigenvalue weighted by Crippen LogP contribution is -1.99. The molecule has 2 unspecified atom stereocenters. The van der Waals surface area contributed by atoms with Crippen molar-refractivity contribution in [3.63, 3.8) is 0 Å². The summed E-state index contributed by atoms with van der Waals surface area (Å²) in [5.74, 6) is -0.0861. The molecule has 3 heteroatoms. The van der Waals surface area contributed by atoms with Gasteiger partial charge >= 0.3 is 5.97 Å². The molecule has 128 valence electrons. The Kier molecular flexibility index (Phi) is 11.1. The second-order valence-electron chi connectivity index (χ2n) is 6.30. The van der Waals surface area contributed by atoms with Crippen LogP contribution < -0.4 is 0 Å². The predicted molar refractivity (Wildman–Crippen MR) is 90.9 cm³/mol. The number of esters is 1. The standard InChI is InChI=1S/C19H34O3/c1-3-4-5-6-8-11-14-17-18(22-17)15-12-9-7-10-13-16-19(20)21-2/h8,11,17-18H,3-7,9-10,12-16H2,1-2H3/b11-8-. The Balaban J connectivity index is 1.83. The molecule has 0 aliphatic carbocycles. The summed E-state index contributed by atoms with van der Waals surface area (Å²) < 4.78 is 10.3. The van der Waals surface area contributed by atoms with Crippen LogP contribution in [0.1, 0.15) is 84.0 Å². The fourth-order valence-electron chi connectivity index (χ4n) is 2.75. The van der Waals surface area contributed by atoms with Crippen LogP contribution in [-0.4, -0.2) is 25.3 Å². The summed E-state index contributed by atoms with van der Waals surface area (Å²) in [7, 11) is 1.45. The zero-order valence-corrected chi connectivity index (χ0v) is 14.5. The summed E-state index contributed by atoms with van der Waals surface area (Å²) in [6.07, 6.45) is 19.4. The van der Waals surface area contributed by atoms with Crippen LogP contribution in [0.4, 0.5) is 0 Å². The van der Waals surface area contributed by atoms with Crippen LogP contribution in [0.2, 0.25) is 0 Å². The van der Waals surface area contributed by atoms with Crippen molar-refractivity contribution in [2.45, 2.75) is 96.2 Å². The van der Waals surface area contributed by atoms with Crippen LogP contribution in [0, 0.1) is 0 Å². The van der Waals surface area contributed by atoms with Crippen LogP contribution in [0.3, 0.4) is 0 Å². The van der Waals surface area contributed by atoms with Gasteiger partial charge in [-0.2, -0.15) is 0 Å². The Morgan fingerprint density at radius 3 is 2.55 bits per heavy atom. The number of methoxy groups -OCH3 is 1. The number of hydrogen-bond acceptors (Lipinski definition) is 3. The van der Waals surface area contributed by atoms with Gasteiger partial charge in [0.2, 0.25) is 0 Å². The maximum atomic E-state index is 10.9. The van der Waals surface area contributed by atoms with Gasteiger partial charge in [0, 0.05) is 6.42 Å². The first-order chi connectivity index (χ1) is 10.8. The van der Waals surface area contributed by atoms with Gasteiger partial charge in [-0.3, -0.25) is 4.79 Å². The maximum absolute atomic E-state index is 10.9. The molecule has 0 saturated carbocycles. The summed E-state index contributed by atoms with van der Waals surface area (Å²) >= 11 is 0. The van der Waals surface area contributed by atoms with Crippen molar-refractivity contribution in [3.05, 3.63) is 12.2 Å². The van der Waals surface area contributed by atoms with Crippen LogP contribution >= 0.6 is 0 Å². The Morgan fingerprint density at radius 2 is 1.77 bits per heavy atom. The summed E-state index contributed by atoms with van der Waals surface area (Å²) in [6.45, 7) is 2.24. The number of allylic oxidation sites excluding steroid dienone is 1. The molecule has 3 nitrogen and oxygen atoms in total. The number of unbranched alkanes of at least 4 members (excludes halogenated alkanes) is 7. The Labute approximate surface area is 136 Å². The van der Waals surface area contributed by atoms with E-state index in [-0.39, 0.29) is 5.97 Å². The molecule has 0 N–H and O–H groups in total. The highest BCUT2D eigenvalue weighted by Gasteiger charge is 2.36. The predicted octanol–water partition coefficient (Wildman–Crippen LogP) is 5.18. The molecule has 0 spiro atoms. The second kappa shape index (κ2) is 12.7. The highest BCUT2D eigenvalue weighted by molar-refractivity contribution is 5.68. The van der Waals surface area contributed by atoms with Crippen molar-refractivity contribution in [2.75, 3.05) is 7.11 Å². The van der Waals surface area contributed by atoms with Crippen molar-refractivity contribution >= 4 is 5.97 Å². The normalized spacial score (nSPS) is 20.5. The Bertz CT molecular complexity index is 312. The van der Waals surface area contributed by atoms with E-state index >= 15 is 0 Å². The molecule has 2 atom stereocenters. The lowest BCUT2D eigenvalue weighted by Gasteiger charge is -2.00. The second-order valence-corrected chi connectivity index (χ2v) is 6.30. The van der Waals surface area contributed by atoms with Gasteiger partial charge in [-0.05, 0) is 32.1 Å². The quantitative estimate of drug-likeness (QED) is 0.192. The SMILES string of the molecule is CCCCC/C=C\CC1OC1CCCCCCCC(=O)OC. The minimum atomic E-state index is -0.0861. The van der Waals surface area contributed by atoms with Crippen molar-refractivity contribution in [2.24, 2.45) is 0 Å². The molecule has 0 bridgehead atoms. The first-order valence-electron chi connectivity index (χ1n) is 9.15. The minimum absolute atomic E-state index is 0.0861. The van der Waals surface area contributed by atoms with Gasteiger partial charge in [0.15, 0.2) is 0 Å². The number of epoxide rings is 1. The molecule has 0 radical (unpaired) electrons. The van der Waals surface area contributed by atoms with Crippen LogP contribution in [0.25, 0.3) is 0 Å². The van der Waals surface area contributed by atoms with Crippen molar-refractivity contribution in [1.29, 1.82) is 0 Å². The highest BCUT2D eigenvalue weighted by Crippen LogP contribution is 2.30. The molecule has 1 fully saturated rings. The number of carbonyl (C=O) groups is 1. The number of hydrogen-bond donors (Lipinski definition) is 0. The van der Waals surface area contributed by atoms with E-state index in [4.69, 9.17) is 4.74 Å². The molecular formula is C19H34O3. The molecule has 0 aromatic rings. The largest absolute Gasteiger partial charge is 0.469 e. The average molecular weight is 310 g/mol. The number of carbonyl (C=O) groups excluding carboxylic acids is 1. The molecule has 1 aliphatic rings. The third kappa shape index (κ3) is 9.99. The molecule has 0 aromatic carbocycles. The molecule has 0 aromatic heterocycles. The van der Waals surface area contributed by atoms with E-state index in [0.717, 1.165) is 19.3 Å². The summed E-state index contributed by atoms with van der Waals surface area (Å²) in [5.41, 5.74) is 0. The number of rotatable bonds is 14. The van der Waals surface area contributed by atoms with Gasteiger partial charge in [-0.15, -0.1) is 0 Å². The zero-order valence-electron chi connectivity index (χ0n) is 14.5. The Hall–Kier alpha value is -0.830. The average Bonchev–Trinajstić information content (AvgIpc) is 3.28. The van der Waals surface area contributed by atoms with Gasteiger partial charge in [0.1, 0.15) is 0 Å². The lowest BCUT2D eigenvalue weighted by atomic mass is 10.1. The lowest BCUT2D eigenvalue weighted by molar-refractivity contribution is -0.140. The van der Waals surface area contributed by atoms with Gasteiger partial charge < -0.3 is 9.47 Å². The summed E-state index contributed by atoms with van der Waals surface area (Å²) in [4.78, 5) is 10.9.